The van der Waals surface area contributed by atoms with E-state index in [0.29, 0.717) is 6.42 Å². The second-order valence-electron chi connectivity index (χ2n) is 4.06. The first-order valence-electron chi connectivity index (χ1n) is 4.99. The summed E-state index contributed by atoms with van der Waals surface area (Å²) in [5.41, 5.74) is 1.71. The van der Waals surface area contributed by atoms with Crippen LogP contribution >= 0.6 is 0 Å². The summed E-state index contributed by atoms with van der Waals surface area (Å²) in [4.78, 5) is 23.3. The van der Waals surface area contributed by atoms with E-state index in [2.05, 4.69) is 0 Å². The number of carbonyl (C=O) groups is 2. The summed E-state index contributed by atoms with van der Waals surface area (Å²) in [5.74, 6) is 0.389. The van der Waals surface area contributed by atoms with Crippen LogP contribution in [0.4, 0.5) is 0 Å². The zero-order valence-corrected chi connectivity index (χ0v) is 7.93. The Morgan fingerprint density at radius 2 is 1.69 bits per heavy atom. The summed E-state index contributed by atoms with van der Waals surface area (Å²) in [6, 6.07) is 0. The molecule has 2 rings (SSSR count). The van der Waals surface area contributed by atoms with Crippen LogP contribution in [-0.4, -0.2) is 11.6 Å². The molecule has 2 heteroatoms. The predicted molar refractivity (Wildman–Crippen MR) is 49.3 cm³/mol. The van der Waals surface area contributed by atoms with Gasteiger partial charge in [0.25, 0.3) is 0 Å². The molecule has 0 N–H and O–H groups in total. The van der Waals surface area contributed by atoms with Crippen LogP contribution < -0.4 is 0 Å². The number of hydrogen-bond donors (Lipinski definition) is 0. The van der Waals surface area contributed by atoms with Gasteiger partial charge in [0, 0.05) is 23.5 Å². The van der Waals surface area contributed by atoms with Gasteiger partial charge in [0.05, 0.1) is 0 Å². The number of rotatable bonds is 0. The molecule has 1 unspecified atom stereocenters. The van der Waals surface area contributed by atoms with Crippen molar-refractivity contribution in [2.75, 3.05) is 0 Å². The molecule has 0 saturated heterocycles. The van der Waals surface area contributed by atoms with Crippen molar-refractivity contribution < 1.29 is 9.59 Å². The minimum Gasteiger partial charge on any atom is -0.295 e. The van der Waals surface area contributed by atoms with Gasteiger partial charge in [-0.05, 0) is 25.7 Å². The minimum absolute atomic E-state index is 0.0654. The molecule has 1 atom stereocenters. The molecule has 0 bridgehead atoms. The average molecular weight is 178 g/mol. The van der Waals surface area contributed by atoms with Crippen LogP contribution in [0.5, 0.6) is 0 Å². The summed E-state index contributed by atoms with van der Waals surface area (Å²) in [6.45, 7) is 1.86. The summed E-state index contributed by atoms with van der Waals surface area (Å²) >= 11 is 0. The molecule has 0 heterocycles. The molecule has 0 radical (unpaired) electrons. The first kappa shape index (κ1) is 8.67. The highest BCUT2D eigenvalue weighted by Gasteiger charge is 2.32. The highest BCUT2D eigenvalue weighted by Crippen LogP contribution is 2.33. The first-order valence-corrected chi connectivity index (χ1v) is 4.99. The smallest absolute Gasteiger partial charge is 0.162 e. The zero-order valence-electron chi connectivity index (χ0n) is 7.93. The third-order valence-electron chi connectivity index (χ3n) is 3.04. The Morgan fingerprint density at radius 1 is 1.08 bits per heavy atom. The minimum atomic E-state index is -0.0654. The molecule has 0 aliphatic heterocycles. The van der Waals surface area contributed by atoms with E-state index in [1.807, 2.05) is 6.92 Å². The molecule has 70 valence electrons. The molecule has 0 saturated carbocycles. The molecule has 0 aromatic heterocycles. The van der Waals surface area contributed by atoms with Gasteiger partial charge in [0.15, 0.2) is 11.6 Å². The lowest BCUT2D eigenvalue weighted by Crippen LogP contribution is -2.28. The third kappa shape index (κ3) is 1.34. The van der Waals surface area contributed by atoms with Crippen molar-refractivity contribution in [3.8, 4) is 0 Å². The summed E-state index contributed by atoms with van der Waals surface area (Å²) < 4.78 is 0. The average Bonchev–Trinajstić information content (AvgIpc) is 2.15. The van der Waals surface area contributed by atoms with Gasteiger partial charge in [0.2, 0.25) is 0 Å². The van der Waals surface area contributed by atoms with E-state index in [4.69, 9.17) is 0 Å². The second kappa shape index (κ2) is 3.09. The van der Waals surface area contributed by atoms with E-state index in [0.717, 1.165) is 36.8 Å². The lowest BCUT2D eigenvalue weighted by Gasteiger charge is -2.25. The monoisotopic (exact) mass is 178 g/mol. The molecule has 0 amide bonds. The highest BCUT2D eigenvalue weighted by atomic mass is 16.1. The maximum Gasteiger partial charge on any atom is 0.162 e. The molecule has 13 heavy (non-hydrogen) atoms. The standard InChI is InChI=1S/C11H14O2/c1-7-6-10(12)8-4-2-3-5-9(8)11(7)13/h7H,2-6H2,1H3. The van der Waals surface area contributed by atoms with E-state index in [9.17, 15) is 9.59 Å². The Hall–Kier alpha value is -0.920. The Kier molecular flexibility index (Phi) is 2.06. The molecular weight excluding hydrogens is 164 g/mol. The fraction of sp³-hybridized carbons (Fsp3) is 0.636. The summed E-state index contributed by atoms with van der Waals surface area (Å²) in [6.07, 6.45) is 4.27. The van der Waals surface area contributed by atoms with Gasteiger partial charge in [-0.3, -0.25) is 9.59 Å². The van der Waals surface area contributed by atoms with E-state index >= 15 is 0 Å². The SMILES string of the molecule is CC1CC(=O)C2=C(CCCC2)C1=O. The maximum absolute atomic E-state index is 11.7. The molecule has 0 aromatic carbocycles. The van der Waals surface area contributed by atoms with Crippen molar-refractivity contribution >= 4 is 11.6 Å². The van der Waals surface area contributed by atoms with Crippen LogP contribution in [0.3, 0.4) is 0 Å². The van der Waals surface area contributed by atoms with Gasteiger partial charge in [-0.25, -0.2) is 0 Å². The van der Waals surface area contributed by atoms with Crippen molar-refractivity contribution in [3.63, 3.8) is 0 Å². The number of ketones is 2. The maximum atomic E-state index is 11.7. The van der Waals surface area contributed by atoms with Crippen LogP contribution in [0.15, 0.2) is 11.1 Å². The molecule has 2 aliphatic carbocycles. The van der Waals surface area contributed by atoms with Gasteiger partial charge in [0.1, 0.15) is 0 Å². The Labute approximate surface area is 78.0 Å². The Morgan fingerprint density at radius 3 is 2.38 bits per heavy atom. The second-order valence-corrected chi connectivity index (χ2v) is 4.06. The quantitative estimate of drug-likeness (QED) is 0.568. The van der Waals surface area contributed by atoms with Crippen LogP contribution in [0.25, 0.3) is 0 Å². The van der Waals surface area contributed by atoms with Crippen LogP contribution in [0, 0.1) is 5.92 Å². The van der Waals surface area contributed by atoms with Crippen molar-refractivity contribution in [2.24, 2.45) is 5.92 Å². The van der Waals surface area contributed by atoms with Crippen LogP contribution in [-0.2, 0) is 9.59 Å². The number of hydrogen-bond acceptors (Lipinski definition) is 2. The van der Waals surface area contributed by atoms with Crippen LogP contribution in [0.1, 0.15) is 39.0 Å². The fourth-order valence-electron chi connectivity index (χ4n) is 2.28. The molecule has 0 fully saturated rings. The van der Waals surface area contributed by atoms with Crippen molar-refractivity contribution in [2.45, 2.75) is 39.0 Å². The Balaban J connectivity index is 2.41. The van der Waals surface area contributed by atoms with E-state index in [1.165, 1.54) is 0 Å². The zero-order chi connectivity index (χ0) is 9.42. The molecular formula is C11H14O2. The van der Waals surface area contributed by atoms with Gasteiger partial charge >= 0.3 is 0 Å². The van der Waals surface area contributed by atoms with Gasteiger partial charge < -0.3 is 0 Å². The lowest BCUT2D eigenvalue weighted by molar-refractivity contribution is -0.126. The predicted octanol–water partition coefficient (Wildman–Crippen LogP) is 2.04. The highest BCUT2D eigenvalue weighted by molar-refractivity contribution is 6.12. The third-order valence-corrected chi connectivity index (χ3v) is 3.04. The van der Waals surface area contributed by atoms with E-state index < -0.39 is 0 Å². The number of carbonyl (C=O) groups excluding carboxylic acids is 2. The molecule has 2 aliphatic rings. The molecule has 0 spiro atoms. The summed E-state index contributed by atoms with van der Waals surface area (Å²) in [5, 5.41) is 0. The van der Waals surface area contributed by atoms with Gasteiger partial charge in [-0.2, -0.15) is 0 Å². The largest absolute Gasteiger partial charge is 0.295 e. The molecule has 2 nitrogen and oxygen atoms in total. The summed E-state index contributed by atoms with van der Waals surface area (Å²) in [7, 11) is 0. The fourth-order valence-corrected chi connectivity index (χ4v) is 2.28. The van der Waals surface area contributed by atoms with Crippen LogP contribution in [0.2, 0.25) is 0 Å². The van der Waals surface area contributed by atoms with Gasteiger partial charge in [-0.1, -0.05) is 6.92 Å². The topological polar surface area (TPSA) is 34.1 Å². The lowest BCUT2D eigenvalue weighted by atomic mass is 9.76. The van der Waals surface area contributed by atoms with E-state index in [-0.39, 0.29) is 17.5 Å². The van der Waals surface area contributed by atoms with Crippen molar-refractivity contribution in [3.05, 3.63) is 11.1 Å². The number of Topliss-reactive ketones (excluding diaryl/α,β-unsaturated/α-hetero) is 2. The van der Waals surface area contributed by atoms with Crippen molar-refractivity contribution in [1.29, 1.82) is 0 Å². The molecule has 0 aromatic rings. The first-order chi connectivity index (χ1) is 6.20. The number of allylic oxidation sites excluding steroid dienone is 2. The van der Waals surface area contributed by atoms with Crippen molar-refractivity contribution in [1.82, 2.24) is 0 Å². The van der Waals surface area contributed by atoms with E-state index in [1.54, 1.807) is 0 Å². The normalized spacial score (nSPS) is 29.2. The van der Waals surface area contributed by atoms with Gasteiger partial charge in [-0.15, -0.1) is 0 Å². The Bertz CT molecular complexity index is 299.